The molecule has 2 rings (SSSR count). The molecule has 0 saturated carbocycles. The molecule has 2 N–H and O–H groups in total. The molecule has 2 aromatic heterocycles. The maximum absolute atomic E-state index is 10.7. The van der Waals surface area contributed by atoms with Gasteiger partial charge in [0.2, 0.25) is 5.89 Å². The third-order valence-corrected chi connectivity index (χ3v) is 1.68. The number of aryl methyl sites for hydroxylation is 1. The highest BCUT2D eigenvalue weighted by Crippen LogP contribution is 2.19. The van der Waals surface area contributed by atoms with Gasteiger partial charge < -0.3 is 14.5 Å². The molecule has 0 aliphatic heterocycles. The molecule has 0 spiro atoms. The molecule has 6 heteroatoms. The number of aromatic amines is 1. The first-order valence-electron chi connectivity index (χ1n) is 3.88. The van der Waals surface area contributed by atoms with Crippen LogP contribution in [0.25, 0.3) is 11.6 Å². The standard InChI is InChI=1S/C8H7N3O3/c1-4-2-9-7(14-4)5-6(8(12)13)11-3-10-5/h2-3H,1H3,(H,10,11)(H,12,13). The van der Waals surface area contributed by atoms with Crippen molar-refractivity contribution < 1.29 is 14.3 Å². The summed E-state index contributed by atoms with van der Waals surface area (Å²) in [7, 11) is 0. The first kappa shape index (κ1) is 8.49. The average molecular weight is 193 g/mol. The van der Waals surface area contributed by atoms with Gasteiger partial charge in [-0.1, -0.05) is 0 Å². The predicted molar refractivity (Wildman–Crippen MR) is 45.8 cm³/mol. The second-order valence-corrected chi connectivity index (χ2v) is 2.71. The number of H-pyrrole nitrogens is 1. The fourth-order valence-electron chi connectivity index (χ4n) is 1.09. The molecular weight excluding hydrogens is 186 g/mol. The smallest absolute Gasteiger partial charge is 0.356 e. The molecule has 0 saturated heterocycles. The molecule has 0 radical (unpaired) electrons. The number of nitrogens with zero attached hydrogens (tertiary/aromatic N) is 2. The summed E-state index contributed by atoms with van der Waals surface area (Å²) in [6, 6.07) is 0. The van der Waals surface area contributed by atoms with Crippen LogP contribution in [0.15, 0.2) is 16.9 Å². The summed E-state index contributed by atoms with van der Waals surface area (Å²) in [4.78, 5) is 20.9. The molecule has 0 atom stereocenters. The highest BCUT2D eigenvalue weighted by atomic mass is 16.4. The molecule has 14 heavy (non-hydrogen) atoms. The van der Waals surface area contributed by atoms with Crippen molar-refractivity contribution in [2.45, 2.75) is 6.92 Å². The number of hydrogen-bond acceptors (Lipinski definition) is 4. The first-order chi connectivity index (χ1) is 6.68. The average Bonchev–Trinajstić information content (AvgIpc) is 2.70. The topological polar surface area (TPSA) is 92.0 Å². The summed E-state index contributed by atoms with van der Waals surface area (Å²) in [6.07, 6.45) is 2.81. The lowest BCUT2D eigenvalue weighted by Crippen LogP contribution is -1.99. The zero-order valence-electron chi connectivity index (χ0n) is 7.31. The van der Waals surface area contributed by atoms with Crippen molar-refractivity contribution in [3.05, 3.63) is 24.0 Å². The summed E-state index contributed by atoms with van der Waals surface area (Å²) in [5.41, 5.74) is 0.192. The minimum atomic E-state index is -1.11. The van der Waals surface area contributed by atoms with Gasteiger partial charge in [0.25, 0.3) is 0 Å². The number of aromatic carboxylic acids is 1. The number of rotatable bonds is 2. The van der Waals surface area contributed by atoms with Crippen molar-refractivity contribution in [2.75, 3.05) is 0 Å². The number of hydrogen-bond donors (Lipinski definition) is 2. The number of carboxylic acid groups (broad SMARTS) is 1. The molecule has 0 aliphatic carbocycles. The first-order valence-corrected chi connectivity index (χ1v) is 3.88. The van der Waals surface area contributed by atoms with Gasteiger partial charge in [0.1, 0.15) is 11.5 Å². The maximum Gasteiger partial charge on any atom is 0.356 e. The number of carboxylic acids is 1. The van der Waals surface area contributed by atoms with Gasteiger partial charge in [-0.05, 0) is 6.92 Å². The van der Waals surface area contributed by atoms with Crippen LogP contribution in [0.1, 0.15) is 16.2 Å². The summed E-state index contributed by atoms with van der Waals surface area (Å²) in [6.45, 7) is 1.73. The van der Waals surface area contributed by atoms with Gasteiger partial charge in [-0.3, -0.25) is 0 Å². The maximum atomic E-state index is 10.7. The lowest BCUT2D eigenvalue weighted by atomic mass is 10.3. The Hall–Kier alpha value is -2.11. The van der Waals surface area contributed by atoms with Crippen molar-refractivity contribution in [1.29, 1.82) is 0 Å². The molecule has 72 valence electrons. The molecular formula is C8H7N3O3. The SMILES string of the molecule is Cc1cnc(-c2[nH]cnc2C(=O)O)o1. The van der Waals surface area contributed by atoms with E-state index in [1.165, 1.54) is 12.5 Å². The summed E-state index contributed by atoms with van der Waals surface area (Å²) in [5, 5.41) is 8.77. The van der Waals surface area contributed by atoms with E-state index >= 15 is 0 Å². The van der Waals surface area contributed by atoms with Gasteiger partial charge >= 0.3 is 5.97 Å². The fourth-order valence-corrected chi connectivity index (χ4v) is 1.09. The van der Waals surface area contributed by atoms with Crippen LogP contribution in [0.2, 0.25) is 0 Å². The molecule has 0 aromatic carbocycles. The van der Waals surface area contributed by atoms with Crippen LogP contribution in [-0.2, 0) is 0 Å². The van der Waals surface area contributed by atoms with Crippen molar-refractivity contribution in [1.82, 2.24) is 15.0 Å². The quantitative estimate of drug-likeness (QED) is 0.744. The predicted octanol–water partition coefficient (Wildman–Crippen LogP) is 1.07. The molecule has 0 aliphatic rings. The number of carbonyl (C=O) groups is 1. The van der Waals surface area contributed by atoms with E-state index in [-0.39, 0.29) is 17.3 Å². The number of oxazole rings is 1. The summed E-state index contributed by atoms with van der Waals surface area (Å²) in [5.74, 6) is -0.263. The number of aromatic nitrogens is 3. The van der Waals surface area contributed by atoms with E-state index in [4.69, 9.17) is 9.52 Å². The third kappa shape index (κ3) is 1.26. The van der Waals surface area contributed by atoms with Crippen LogP contribution >= 0.6 is 0 Å². The lowest BCUT2D eigenvalue weighted by Gasteiger charge is -1.91. The van der Waals surface area contributed by atoms with Gasteiger partial charge in [0.15, 0.2) is 5.69 Å². The fraction of sp³-hybridized carbons (Fsp3) is 0.125. The highest BCUT2D eigenvalue weighted by molar-refractivity contribution is 5.91. The van der Waals surface area contributed by atoms with E-state index in [0.29, 0.717) is 5.76 Å². The van der Waals surface area contributed by atoms with Gasteiger partial charge in [-0.2, -0.15) is 0 Å². The number of nitrogens with one attached hydrogen (secondary N) is 1. The minimum Gasteiger partial charge on any atom is -0.476 e. The van der Waals surface area contributed by atoms with Crippen LogP contribution in [-0.4, -0.2) is 26.0 Å². The second kappa shape index (κ2) is 2.99. The van der Waals surface area contributed by atoms with Crippen LogP contribution in [0.5, 0.6) is 0 Å². The van der Waals surface area contributed by atoms with E-state index < -0.39 is 5.97 Å². The molecule has 6 nitrogen and oxygen atoms in total. The molecule has 0 bridgehead atoms. The van der Waals surface area contributed by atoms with E-state index in [2.05, 4.69) is 15.0 Å². The second-order valence-electron chi connectivity index (χ2n) is 2.71. The zero-order chi connectivity index (χ0) is 10.1. The molecule has 2 aromatic rings. The van der Waals surface area contributed by atoms with Crippen LogP contribution < -0.4 is 0 Å². The summed E-state index contributed by atoms with van der Waals surface area (Å²) >= 11 is 0. The largest absolute Gasteiger partial charge is 0.476 e. The van der Waals surface area contributed by atoms with E-state index in [0.717, 1.165) is 0 Å². The van der Waals surface area contributed by atoms with Gasteiger partial charge in [-0.15, -0.1) is 0 Å². The Morgan fingerprint density at radius 3 is 2.93 bits per heavy atom. The Balaban J connectivity index is 2.51. The Morgan fingerprint density at radius 2 is 2.36 bits per heavy atom. The van der Waals surface area contributed by atoms with Crippen molar-refractivity contribution in [3.8, 4) is 11.6 Å². The van der Waals surface area contributed by atoms with Gasteiger partial charge in [0, 0.05) is 0 Å². The van der Waals surface area contributed by atoms with Gasteiger partial charge in [-0.25, -0.2) is 14.8 Å². The number of imidazole rings is 1. The van der Waals surface area contributed by atoms with Crippen LogP contribution in [0.4, 0.5) is 0 Å². The molecule has 2 heterocycles. The Bertz CT molecular complexity index is 472. The van der Waals surface area contributed by atoms with Crippen molar-refractivity contribution in [2.24, 2.45) is 0 Å². The van der Waals surface area contributed by atoms with Crippen LogP contribution in [0, 0.1) is 6.92 Å². The van der Waals surface area contributed by atoms with Crippen molar-refractivity contribution >= 4 is 5.97 Å². The minimum absolute atomic E-state index is 0.0909. The Kier molecular flexibility index (Phi) is 1.81. The van der Waals surface area contributed by atoms with Crippen LogP contribution in [0.3, 0.4) is 0 Å². The third-order valence-electron chi connectivity index (χ3n) is 1.68. The zero-order valence-corrected chi connectivity index (χ0v) is 7.31. The van der Waals surface area contributed by atoms with E-state index in [1.807, 2.05) is 0 Å². The lowest BCUT2D eigenvalue weighted by molar-refractivity contribution is 0.0691. The molecule has 0 unspecified atom stereocenters. The van der Waals surface area contributed by atoms with Crippen molar-refractivity contribution in [3.63, 3.8) is 0 Å². The monoisotopic (exact) mass is 193 g/mol. The van der Waals surface area contributed by atoms with E-state index in [1.54, 1.807) is 6.92 Å². The molecule has 0 fully saturated rings. The Morgan fingerprint density at radius 1 is 1.57 bits per heavy atom. The Labute approximate surface area is 78.6 Å². The van der Waals surface area contributed by atoms with E-state index in [9.17, 15) is 4.79 Å². The normalized spacial score (nSPS) is 10.4. The van der Waals surface area contributed by atoms with Gasteiger partial charge in [0.05, 0.1) is 12.5 Å². The molecule has 0 amide bonds. The highest BCUT2D eigenvalue weighted by Gasteiger charge is 2.18. The summed E-state index contributed by atoms with van der Waals surface area (Å²) < 4.78 is 5.17.